The number of halogens is 1. The van der Waals surface area contributed by atoms with Crippen LogP contribution in [0.4, 0.5) is 0 Å². The summed E-state index contributed by atoms with van der Waals surface area (Å²) in [4.78, 5) is 4.31. The highest BCUT2D eigenvalue weighted by atomic mass is 127. The fourth-order valence-corrected chi connectivity index (χ4v) is 3.27. The molecule has 29 heavy (non-hydrogen) atoms. The largest absolute Gasteiger partial charge is 0.488 e. The molecule has 7 nitrogen and oxygen atoms in total. The molecule has 0 bridgehead atoms. The molecule has 3 rings (SSSR count). The van der Waals surface area contributed by atoms with Crippen LogP contribution >= 0.6 is 24.0 Å². The van der Waals surface area contributed by atoms with Gasteiger partial charge in [-0.25, -0.2) is 0 Å². The van der Waals surface area contributed by atoms with Crippen LogP contribution in [0.15, 0.2) is 27.7 Å². The minimum Gasteiger partial charge on any atom is -0.488 e. The van der Waals surface area contributed by atoms with Gasteiger partial charge in [-0.3, -0.25) is 4.99 Å². The third kappa shape index (κ3) is 6.60. The summed E-state index contributed by atoms with van der Waals surface area (Å²) in [6.07, 6.45) is 1.90. The Kier molecular flexibility index (Phi) is 9.22. The van der Waals surface area contributed by atoms with Crippen molar-refractivity contribution in [3.63, 3.8) is 0 Å². The molecule has 1 saturated heterocycles. The normalized spacial score (nSPS) is 16.4. The molecule has 0 aliphatic carbocycles. The molecule has 1 atom stereocenters. The Balaban J connectivity index is 0.00000300. The number of guanidine groups is 1. The number of hydrogen-bond donors (Lipinski definition) is 2. The Bertz CT molecular complexity index is 797. The number of ether oxygens (including phenoxy) is 2. The zero-order chi connectivity index (χ0) is 19.9. The monoisotopic (exact) mass is 514 g/mol. The first-order valence-corrected chi connectivity index (χ1v) is 9.77. The molecule has 1 aliphatic heterocycles. The molecule has 2 N–H and O–H groups in total. The fraction of sp³-hybridized carbons (Fsp3) is 0.524. The number of rotatable bonds is 7. The van der Waals surface area contributed by atoms with E-state index in [1.807, 2.05) is 13.8 Å². The third-order valence-corrected chi connectivity index (χ3v) is 4.92. The lowest BCUT2D eigenvalue weighted by atomic mass is 10.1. The lowest BCUT2D eigenvalue weighted by molar-refractivity contribution is 0.140. The van der Waals surface area contributed by atoms with Crippen molar-refractivity contribution in [2.75, 3.05) is 26.8 Å². The summed E-state index contributed by atoms with van der Waals surface area (Å²) in [7, 11) is 1.77. The number of nitrogens with zero attached hydrogens (tertiary/aromatic N) is 2. The molecule has 0 amide bonds. The molecule has 160 valence electrons. The van der Waals surface area contributed by atoms with Gasteiger partial charge in [0.15, 0.2) is 5.96 Å². The Morgan fingerprint density at radius 3 is 2.76 bits per heavy atom. The van der Waals surface area contributed by atoms with Gasteiger partial charge in [0.25, 0.3) is 0 Å². The molecule has 1 aliphatic rings. The van der Waals surface area contributed by atoms with Gasteiger partial charge in [0.05, 0.1) is 18.9 Å². The fourth-order valence-electron chi connectivity index (χ4n) is 3.27. The molecule has 0 radical (unpaired) electrons. The molecule has 1 fully saturated rings. The number of hydrogen-bond acceptors (Lipinski definition) is 5. The Morgan fingerprint density at radius 2 is 2.10 bits per heavy atom. The molecule has 0 spiro atoms. The van der Waals surface area contributed by atoms with Crippen molar-refractivity contribution >= 4 is 29.9 Å². The van der Waals surface area contributed by atoms with E-state index in [0.29, 0.717) is 13.2 Å². The SMILES string of the molecule is CN=C(NCCc1c(C)noc1C)NCc1ccc(C)cc1OC1CCOC1.I. The predicted molar refractivity (Wildman–Crippen MR) is 124 cm³/mol. The van der Waals surface area contributed by atoms with Crippen molar-refractivity contribution in [3.8, 4) is 5.75 Å². The molecule has 0 saturated carbocycles. The summed E-state index contributed by atoms with van der Waals surface area (Å²) >= 11 is 0. The molecule has 1 aromatic carbocycles. The molecule has 2 aromatic rings. The molecule has 8 heteroatoms. The van der Waals surface area contributed by atoms with Crippen molar-refractivity contribution < 1.29 is 14.0 Å². The summed E-state index contributed by atoms with van der Waals surface area (Å²) < 4.78 is 16.8. The van der Waals surface area contributed by atoms with Crippen LogP contribution < -0.4 is 15.4 Å². The van der Waals surface area contributed by atoms with E-state index in [2.05, 4.69) is 45.9 Å². The number of aliphatic imine (C=N–C) groups is 1. The van der Waals surface area contributed by atoms with Gasteiger partial charge in [-0.2, -0.15) is 0 Å². The van der Waals surface area contributed by atoms with Gasteiger partial charge in [0, 0.05) is 37.7 Å². The quantitative estimate of drug-likeness (QED) is 0.336. The predicted octanol–water partition coefficient (Wildman–Crippen LogP) is 3.29. The maximum atomic E-state index is 6.17. The number of aromatic nitrogens is 1. The van der Waals surface area contributed by atoms with Crippen LogP contribution in [0.2, 0.25) is 0 Å². The van der Waals surface area contributed by atoms with Crippen molar-refractivity contribution in [1.29, 1.82) is 0 Å². The van der Waals surface area contributed by atoms with E-state index < -0.39 is 0 Å². The van der Waals surface area contributed by atoms with E-state index in [1.54, 1.807) is 7.05 Å². The first kappa shape index (κ1) is 23.5. The van der Waals surface area contributed by atoms with E-state index in [9.17, 15) is 0 Å². The molecular weight excluding hydrogens is 483 g/mol. The minimum absolute atomic E-state index is 0. The van der Waals surface area contributed by atoms with Crippen LogP contribution in [0.1, 0.15) is 34.6 Å². The van der Waals surface area contributed by atoms with Gasteiger partial charge in [0.1, 0.15) is 17.6 Å². The molecular formula is C21H31IN4O3. The number of benzene rings is 1. The Morgan fingerprint density at radius 1 is 1.28 bits per heavy atom. The van der Waals surface area contributed by atoms with Crippen LogP contribution in [0.3, 0.4) is 0 Å². The standard InChI is InChI=1S/C21H30N4O3.HI/c1-14-5-6-17(20(11-14)27-18-8-10-26-13-18)12-24-21(22-4)23-9-7-19-15(2)25-28-16(19)3;/h5-6,11,18H,7-10,12-13H2,1-4H3,(H2,22,23,24);1H. The van der Waals surface area contributed by atoms with E-state index in [1.165, 1.54) is 5.56 Å². The zero-order valence-corrected chi connectivity index (χ0v) is 19.9. The topological polar surface area (TPSA) is 80.9 Å². The second-order valence-corrected chi connectivity index (χ2v) is 7.12. The third-order valence-electron chi connectivity index (χ3n) is 4.92. The second-order valence-electron chi connectivity index (χ2n) is 7.12. The summed E-state index contributed by atoms with van der Waals surface area (Å²) in [5, 5.41) is 10.7. The zero-order valence-electron chi connectivity index (χ0n) is 17.6. The van der Waals surface area contributed by atoms with Gasteiger partial charge in [-0.1, -0.05) is 17.3 Å². The maximum absolute atomic E-state index is 6.17. The Labute approximate surface area is 189 Å². The van der Waals surface area contributed by atoms with Gasteiger partial charge in [0.2, 0.25) is 0 Å². The van der Waals surface area contributed by atoms with Gasteiger partial charge in [-0.15, -0.1) is 24.0 Å². The smallest absolute Gasteiger partial charge is 0.191 e. The number of nitrogens with one attached hydrogen (secondary N) is 2. The molecule has 1 unspecified atom stereocenters. The summed E-state index contributed by atoms with van der Waals surface area (Å²) in [5.41, 5.74) is 4.38. The highest BCUT2D eigenvalue weighted by Crippen LogP contribution is 2.23. The van der Waals surface area contributed by atoms with Crippen LogP contribution in [0.25, 0.3) is 0 Å². The summed E-state index contributed by atoms with van der Waals surface area (Å²) in [6.45, 7) is 8.79. The van der Waals surface area contributed by atoms with Crippen LogP contribution in [0, 0.1) is 20.8 Å². The minimum atomic E-state index is 0. The Hall–Kier alpha value is -1.81. The van der Waals surface area contributed by atoms with Crippen LogP contribution in [-0.4, -0.2) is 44.0 Å². The molecule has 1 aromatic heterocycles. The highest BCUT2D eigenvalue weighted by Gasteiger charge is 2.19. The van der Waals surface area contributed by atoms with Gasteiger partial charge in [-0.05, 0) is 38.8 Å². The van der Waals surface area contributed by atoms with Crippen LogP contribution in [0.5, 0.6) is 5.75 Å². The van der Waals surface area contributed by atoms with Crippen molar-refractivity contribution in [1.82, 2.24) is 15.8 Å². The van der Waals surface area contributed by atoms with Crippen LogP contribution in [-0.2, 0) is 17.7 Å². The molecule has 2 heterocycles. The maximum Gasteiger partial charge on any atom is 0.191 e. The first-order chi connectivity index (χ1) is 13.6. The van der Waals surface area contributed by atoms with Gasteiger partial charge >= 0.3 is 0 Å². The second kappa shape index (κ2) is 11.4. The summed E-state index contributed by atoms with van der Waals surface area (Å²) in [5.74, 6) is 2.54. The lowest BCUT2D eigenvalue weighted by Crippen LogP contribution is -2.38. The first-order valence-electron chi connectivity index (χ1n) is 9.77. The highest BCUT2D eigenvalue weighted by molar-refractivity contribution is 14.0. The van der Waals surface area contributed by atoms with Crippen molar-refractivity contribution in [2.24, 2.45) is 4.99 Å². The van der Waals surface area contributed by atoms with Crippen molar-refractivity contribution in [3.05, 3.63) is 46.3 Å². The van der Waals surface area contributed by atoms with E-state index in [-0.39, 0.29) is 30.1 Å². The van der Waals surface area contributed by atoms with Gasteiger partial charge < -0.3 is 24.6 Å². The average molecular weight is 514 g/mol. The van der Waals surface area contributed by atoms with E-state index >= 15 is 0 Å². The summed E-state index contributed by atoms with van der Waals surface area (Å²) in [6, 6.07) is 6.29. The van der Waals surface area contributed by atoms with Crippen molar-refractivity contribution in [2.45, 2.75) is 46.3 Å². The average Bonchev–Trinajstić information content (AvgIpc) is 3.30. The van der Waals surface area contributed by atoms with E-state index in [4.69, 9.17) is 14.0 Å². The number of aryl methyl sites for hydroxylation is 3. The lowest BCUT2D eigenvalue weighted by Gasteiger charge is -2.18. The van der Waals surface area contributed by atoms with E-state index in [0.717, 1.165) is 60.3 Å².